The summed E-state index contributed by atoms with van der Waals surface area (Å²) in [6, 6.07) is 8.84. The van der Waals surface area contributed by atoms with E-state index in [1.807, 2.05) is 4.68 Å². The summed E-state index contributed by atoms with van der Waals surface area (Å²) in [6.07, 6.45) is 15.8. The van der Waals surface area contributed by atoms with Gasteiger partial charge in [-0.25, -0.2) is 9.67 Å². The molecule has 1 heterocycles. The molecule has 0 amide bonds. The maximum atomic E-state index is 5.90. The Labute approximate surface area is 175 Å². The number of benzene rings is 1. The SMILES string of the molecule is NCC1CCC(CN(Cc2ccc(-n3cncn3)cc2)CC2CCCCC2)CC1. The van der Waals surface area contributed by atoms with Gasteiger partial charge in [-0.2, -0.15) is 5.10 Å². The molecule has 0 bridgehead atoms. The Balaban J connectivity index is 1.38. The Hall–Kier alpha value is -1.72. The molecule has 1 aromatic heterocycles. The van der Waals surface area contributed by atoms with Crippen LogP contribution in [0.4, 0.5) is 0 Å². The van der Waals surface area contributed by atoms with Crippen LogP contribution in [0.1, 0.15) is 63.4 Å². The number of nitrogens with zero attached hydrogens (tertiary/aromatic N) is 4. The first-order chi connectivity index (χ1) is 14.3. The molecule has 0 atom stereocenters. The summed E-state index contributed by atoms with van der Waals surface area (Å²) >= 11 is 0. The summed E-state index contributed by atoms with van der Waals surface area (Å²) in [4.78, 5) is 6.80. The number of rotatable bonds is 8. The largest absolute Gasteiger partial charge is 0.330 e. The Morgan fingerprint density at radius 1 is 0.862 bits per heavy atom. The van der Waals surface area contributed by atoms with Crippen LogP contribution >= 0.6 is 0 Å². The first-order valence-electron chi connectivity index (χ1n) is 11.7. The van der Waals surface area contributed by atoms with Crippen LogP contribution in [0, 0.1) is 17.8 Å². The zero-order valence-electron chi connectivity index (χ0n) is 17.8. The van der Waals surface area contributed by atoms with Gasteiger partial charge in [0.15, 0.2) is 0 Å². The highest BCUT2D eigenvalue weighted by Gasteiger charge is 2.24. The van der Waals surface area contributed by atoms with Crippen molar-refractivity contribution in [2.45, 2.75) is 64.3 Å². The molecule has 2 aliphatic carbocycles. The molecule has 29 heavy (non-hydrogen) atoms. The fourth-order valence-corrected chi connectivity index (χ4v) is 5.31. The average molecular weight is 396 g/mol. The third-order valence-electron chi connectivity index (χ3n) is 7.08. The second-order valence-electron chi connectivity index (χ2n) is 9.33. The first kappa shape index (κ1) is 20.5. The predicted molar refractivity (Wildman–Crippen MR) is 118 cm³/mol. The van der Waals surface area contributed by atoms with Gasteiger partial charge >= 0.3 is 0 Å². The van der Waals surface area contributed by atoms with Gasteiger partial charge in [-0.05, 0) is 80.5 Å². The maximum Gasteiger partial charge on any atom is 0.138 e. The Morgan fingerprint density at radius 3 is 2.14 bits per heavy atom. The lowest BCUT2D eigenvalue weighted by molar-refractivity contribution is 0.143. The van der Waals surface area contributed by atoms with Crippen molar-refractivity contribution < 1.29 is 0 Å². The molecule has 0 saturated heterocycles. The van der Waals surface area contributed by atoms with Crippen LogP contribution in [0.15, 0.2) is 36.9 Å². The van der Waals surface area contributed by atoms with Crippen LogP contribution in [0.5, 0.6) is 0 Å². The monoisotopic (exact) mass is 395 g/mol. The summed E-state index contributed by atoms with van der Waals surface area (Å²) < 4.78 is 1.82. The normalized spacial score (nSPS) is 23.5. The van der Waals surface area contributed by atoms with E-state index in [9.17, 15) is 0 Å². The lowest BCUT2D eigenvalue weighted by Gasteiger charge is -2.35. The number of aromatic nitrogens is 3. The van der Waals surface area contributed by atoms with E-state index in [2.05, 4.69) is 39.2 Å². The van der Waals surface area contributed by atoms with Gasteiger partial charge in [-0.3, -0.25) is 4.90 Å². The molecule has 0 radical (unpaired) electrons. The molecular formula is C24H37N5. The van der Waals surface area contributed by atoms with Crippen molar-refractivity contribution in [3.8, 4) is 5.69 Å². The zero-order valence-corrected chi connectivity index (χ0v) is 17.8. The van der Waals surface area contributed by atoms with Gasteiger partial charge in [0.1, 0.15) is 12.7 Å². The molecule has 0 spiro atoms. The molecule has 0 unspecified atom stereocenters. The number of hydrogen-bond donors (Lipinski definition) is 1. The molecular weight excluding hydrogens is 358 g/mol. The molecule has 1 aromatic carbocycles. The summed E-state index contributed by atoms with van der Waals surface area (Å²) in [5.41, 5.74) is 8.38. The summed E-state index contributed by atoms with van der Waals surface area (Å²) in [6.45, 7) is 4.45. The van der Waals surface area contributed by atoms with E-state index in [0.29, 0.717) is 0 Å². The van der Waals surface area contributed by atoms with Gasteiger partial charge in [0, 0.05) is 19.6 Å². The fourth-order valence-electron chi connectivity index (χ4n) is 5.31. The molecule has 4 rings (SSSR count). The maximum absolute atomic E-state index is 5.90. The van der Waals surface area contributed by atoms with Gasteiger partial charge in [-0.1, -0.05) is 31.4 Å². The van der Waals surface area contributed by atoms with E-state index in [0.717, 1.165) is 36.5 Å². The third-order valence-corrected chi connectivity index (χ3v) is 7.08. The van der Waals surface area contributed by atoms with E-state index >= 15 is 0 Å². The minimum Gasteiger partial charge on any atom is -0.330 e. The number of hydrogen-bond acceptors (Lipinski definition) is 4. The van der Waals surface area contributed by atoms with Crippen LogP contribution in [0.25, 0.3) is 5.69 Å². The smallest absolute Gasteiger partial charge is 0.138 e. The van der Waals surface area contributed by atoms with Gasteiger partial charge in [-0.15, -0.1) is 0 Å². The fraction of sp³-hybridized carbons (Fsp3) is 0.667. The van der Waals surface area contributed by atoms with Gasteiger partial charge in [0.05, 0.1) is 5.69 Å². The topological polar surface area (TPSA) is 60.0 Å². The Kier molecular flexibility index (Phi) is 7.33. The summed E-state index contributed by atoms with van der Waals surface area (Å²) in [7, 11) is 0. The molecule has 2 aliphatic rings. The lowest BCUT2D eigenvalue weighted by atomic mass is 9.81. The molecule has 2 fully saturated rings. The Morgan fingerprint density at radius 2 is 1.52 bits per heavy atom. The van der Waals surface area contributed by atoms with Crippen molar-refractivity contribution in [1.29, 1.82) is 0 Å². The average Bonchev–Trinajstić information content (AvgIpc) is 3.30. The van der Waals surface area contributed by atoms with Crippen molar-refractivity contribution in [2.75, 3.05) is 19.6 Å². The standard InChI is InChI=1S/C24H37N5/c25-14-20-6-8-22(9-7-20)16-28(15-21-4-2-1-3-5-21)17-23-10-12-24(13-11-23)29-19-26-18-27-29/h10-13,18-22H,1-9,14-17,25H2. The van der Waals surface area contributed by atoms with E-state index in [4.69, 9.17) is 5.73 Å². The van der Waals surface area contributed by atoms with E-state index in [1.165, 1.54) is 76.4 Å². The second-order valence-corrected chi connectivity index (χ2v) is 9.33. The second kappa shape index (κ2) is 10.4. The lowest BCUT2D eigenvalue weighted by Crippen LogP contribution is -2.36. The molecule has 158 valence electrons. The van der Waals surface area contributed by atoms with Gasteiger partial charge < -0.3 is 5.73 Å². The first-order valence-corrected chi connectivity index (χ1v) is 11.7. The summed E-state index contributed by atoms with van der Waals surface area (Å²) in [5, 5.41) is 4.23. The van der Waals surface area contributed by atoms with E-state index < -0.39 is 0 Å². The van der Waals surface area contributed by atoms with Crippen molar-refractivity contribution in [3.63, 3.8) is 0 Å². The Bertz CT molecular complexity index is 697. The van der Waals surface area contributed by atoms with Crippen LogP contribution in [0.3, 0.4) is 0 Å². The molecule has 2 aromatic rings. The minimum atomic E-state index is 0.766. The highest BCUT2D eigenvalue weighted by Crippen LogP contribution is 2.30. The van der Waals surface area contributed by atoms with Crippen LogP contribution in [-0.4, -0.2) is 39.3 Å². The van der Waals surface area contributed by atoms with Crippen molar-refractivity contribution in [3.05, 3.63) is 42.5 Å². The molecule has 2 N–H and O–H groups in total. The molecule has 5 nitrogen and oxygen atoms in total. The van der Waals surface area contributed by atoms with E-state index in [1.54, 1.807) is 12.7 Å². The van der Waals surface area contributed by atoms with E-state index in [-0.39, 0.29) is 0 Å². The van der Waals surface area contributed by atoms with Crippen molar-refractivity contribution in [2.24, 2.45) is 23.5 Å². The van der Waals surface area contributed by atoms with Crippen LogP contribution in [-0.2, 0) is 6.54 Å². The molecule has 0 aliphatic heterocycles. The van der Waals surface area contributed by atoms with Crippen LogP contribution < -0.4 is 5.73 Å². The van der Waals surface area contributed by atoms with Crippen LogP contribution in [0.2, 0.25) is 0 Å². The van der Waals surface area contributed by atoms with Gasteiger partial charge in [0.25, 0.3) is 0 Å². The molecule has 5 heteroatoms. The quantitative estimate of drug-likeness (QED) is 0.719. The zero-order chi connectivity index (χ0) is 19.9. The minimum absolute atomic E-state index is 0.766. The highest BCUT2D eigenvalue weighted by molar-refractivity contribution is 5.33. The predicted octanol–water partition coefficient (Wildman–Crippen LogP) is 4.41. The van der Waals surface area contributed by atoms with Crippen molar-refractivity contribution in [1.82, 2.24) is 19.7 Å². The van der Waals surface area contributed by atoms with Crippen molar-refractivity contribution >= 4 is 0 Å². The molecule has 2 saturated carbocycles. The third kappa shape index (κ3) is 5.89. The summed E-state index contributed by atoms with van der Waals surface area (Å²) in [5.74, 6) is 2.50. The number of nitrogens with two attached hydrogens (primary N) is 1. The highest BCUT2D eigenvalue weighted by atomic mass is 15.3. The van der Waals surface area contributed by atoms with Gasteiger partial charge in [0.2, 0.25) is 0 Å².